The van der Waals surface area contributed by atoms with Crippen LogP contribution in [0.25, 0.3) is 0 Å². The fourth-order valence-electron chi connectivity index (χ4n) is 1.95. The Kier molecular flexibility index (Phi) is 5.23. The van der Waals surface area contributed by atoms with Gasteiger partial charge >= 0.3 is 0 Å². The Hall–Kier alpha value is -2.00. The topological polar surface area (TPSA) is 41.1 Å². The molecule has 0 fully saturated rings. The van der Waals surface area contributed by atoms with Gasteiger partial charge in [0.25, 0.3) is 5.91 Å². The van der Waals surface area contributed by atoms with Gasteiger partial charge in [-0.25, -0.2) is 0 Å². The maximum Gasteiger partial charge on any atom is 0.251 e. The van der Waals surface area contributed by atoms with Crippen molar-refractivity contribution in [3.63, 3.8) is 0 Å². The summed E-state index contributed by atoms with van der Waals surface area (Å²) < 4.78 is 0. The van der Waals surface area contributed by atoms with Crippen LogP contribution < -0.4 is 10.6 Å². The van der Waals surface area contributed by atoms with Crippen molar-refractivity contribution in [2.75, 3.05) is 11.9 Å². The van der Waals surface area contributed by atoms with Gasteiger partial charge in [-0.2, -0.15) is 0 Å². The minimum Gasteiger partial charge on any atom is -0.381 e. The molecule has 0 saturated heterocycles. The summed E-state index contributed by atoms with van der Waals surface area (Å²) in [5.41, 5.74) is 3.84. The van der Waals surface area contributed by atoms with Gasteiger partial charge in [-0.05, 0) is 55.3 Å². The van der Waals surface area contributed by atoms with E-state index in [1.807, 2.05) is 50.2 Å². The van der Waals surface area contributed by atoms with E-state index in [2.05, 4.69) is 16.7 Å². The summed E-state index contributed by atoms with van der Waals surface area (Å²) in [5.74, 6) is -0.0469. The Morgan fingerprint density at radius 2 is 1.86 bits per heavy atom. The van der Waals surface area contributed by atoms with Crippen molar-refractivity contribution < 1.29 is 4.79 Å². The van der Waals surface area contributed by atoms with Crippen LogP contribution in [-0.2, 0) is 6.54 Å². The van der Waals surface area contributed by atoms with Crippen LogP contribution in [0.15, 0.2) is 42.5 Å². The summed E-state index contributed by atoms with van der Waals surface area (Å²) in [5, 5.41) is 6.87. The molecule has 1 amide bonds. The number of nitrogens with one attached hydrogen (secondary N) is 2. The molecule has 2 aromatic rings. The summed E-state index contributed by atoms with van der Waals surface area (Å²) in [6, 6.07) is 13.5. The Labute approximate surface area is 130 Å². The largest absolute Gasteiger partial charge is 0.381 e. The Bertz CT molecular complexity index is 623. The van der Waals surface area contributed by atoms with Crippen LogP contribution >= 0.6 is 11.6 Å². The lowest BCUT2D eigenvalue weighted by Gasteiger charge is -2.09. The zero-order chi connectivity index (χ0) is 15.2. The van der Waals surface area contributed by atoms with E-state index in [1.54, 1.807) is 0 Å². The van der Waals surface area contributed by atoms with Gasteiger partial charge in [-0.1, -0.05) is 23.7 Å². The van der Waals surface area contributed by atoms with Gasteiger partial charge in [-0.15, -0.1) is 0 Å². The second-order valence-electron chi connectivity index (χ2n) is 4.87. The van der Waals surface area contributed by atoms with Gasteiger partial charge < -0.3 is 10.6 Å². The van der Waals surface area contributed by atoms with Gasteiger partial charge in [0, 0.05) is 29.4 Å². The Morgan fingerprint density at radius 3 is 2.48 bits per heavy atom. The van der Waals surface area contributed by atoms with E-state index in [0.717, 1.165) is 21.8 Å². The normalized spacial score (nSPS) is 10.2. The number of amides is 1. The predicted molar refractivity (Wildman–Crippen MR) is 88.0 cm³/mol. The second kappa shape index (κ2) is 7.14. The molecule has 0 atom stereocenters. The molecule has 0 aliphatic heterocycles. The monoisotopic (exact) mass is 302 g/mol. The number of carbonyl (C=O) groups excluding carboxylic acids is 1. The van der Waals surface area contributed by atoms with E-state index < -0.39 is 0 Å². The van der Waals surface area contributed by atoms with E-state index in [0.29, 0.717) is 18.7 Å². The van der Waals surface area contributed by atoms with Gasteiger partial charge in [0.15, 0.2) is 0 Å². The lowest BCUT2D eigenvalue weighted by Crippen LogP contribution is -2.22. The first-order valence-corrected chi connectivity index (χ1v) is 7.35. The average molecular weight is 303 g/mol. The zero-order valence-corrected chi connectivity index (χ0v) is 13.0. The molecule has 0 unspecified atom stereocenters. The molecule has 0 aliphatic rings. The highest BCUT2D eigenvalue weighted by molar-refractivity contribution is 6.31. The number of hydrogen-bond acceptors (Lipinski definition) is 2. The van der Waals surface area contributed by atoms with E-state index >= 15 is 0 Å². The van der Waals surface area contributed by atoms with E-state index in [4.69, 9.17) is 11.6 Å². The van der Waals surface area contributed by atoms with Gasteiger partial charge in [0.1, 0.15) is 0 Å². The van der Waals surface area contributed by atoms with Crippen molar-refractivity contribution in [1.29, 1.82) is 0 Å². The second-order valence-corrected chi connectivity index (χ2v) is 5.28. The van der Waals surface area contributed by atoms with Crippen molar-refractivity contribution in [2.24, 2.45) is 0 Å². The molecule has 0 spiro atoms. The third kappa shape index (κ3) is 4.23. The molecule has 2 rings (SSSR count). The molecule has 0 heterocycles. The quantitative estimate of drug-likeness (QED) is 0.876. The van der Waals surface area contributed by atoms with Crippen LogP contribution in [0.1, 0.15) is 28.4 Å². The fourth-order valence-corrected chi connectivity index (χ4v) is 2.16. The number of rotatable bonds is 5. The van der Waals surface area contributed by atoms with Crippen molar-refractivity contribution in [3.05, 3.63) is 64.2 Å². The molecule has 21 heavy (non-hydrogen) atoms. The summed E-state index contributed by atoms with van der Waals surface area (Å²) in [6.07, 6.45) is 0. The molecular formula is C17H19ClN2O. The van der Waals surface area contributed by atoms with Crippen LogP contribution in [0.5, 0.6) is 0 Å². The van der Waals surface area contributed by atoms with E-state index in [-0.39, 0.29) is 5.91 Å². The molecule has 2 aromatic carbocycles. The molecule has 0 bridgehead atoms. The minimum atomic E-state index is -0.0469. The van der Waals surface area contributed by atoms with Crippen molar-refractivity contribution in [3.8, 4) is 0 Å². The highest BCUT2D eigenvalue weighted by Crippen LogP contribution is 2.18. The van der Waals surface area contributed by atoms with Crippen LogP contribution in [0.4, 0.5) is 5.69 Å². The number of anilines is 1. The zero-order valence-electron chi connectivity index (χ0n) is 12.2. The highest BCUT2D eigenvalue weighted by atomic mass is 35.5. The molecule has 0 aliphatic carbocycles. The number of aryl methyl sites for hydroxylation is 1. The van der Waals surface area contributed by atoms with Crippen molar-refractivity contribution >= 4 is 23.2 Å². The third-order valence-electron chi connectivity index (χ3n) is 3.22. The predicted octanol–water partition coefficient (Wildman–Crippen LogP) is 4.01. The molecule has 110 valence electrons. The number of halogens is 1. The smallest absolute Gasteiger partial charge is 0.251 e. The van der Waals surface area contributed by atoms with Crippen LogP contribution in [0.3, 0.4) is 0 Å². The summed E-state index contributed by atoms with van der Waals surface area (Å²) in [7, 11) is 0. The first kappa shape index (κ1) is 15.4. The first-order valence-electron chi connectivity index (χ1n) is 6.97. The number of benzene rings is 2. The van der Waals surface area contributed by atoms with Crippen LogP contribution in [-0.4, -0.2) is 12.5 Å². The van der Waals surface area contributed by atoms with E-state index in [9.17, 15) is 4.79 Å². The molecule has 3 nitrogen and oxygen atoms in total. The molecule has 0 radical (unpaired) electrons. The summed E-state index contributed by atoms with van der Waals surface area (Å²) >= 11 is 6.11. The lowest BCUT2D eigenvalue weighted by atomic mass is 10.1. The van der Waals surface area contributed by atoms with Gasteiger partial charge in [-0.3, -0.25) is 4.79 Å². The lowest BCUT2D eigenvalue weighted by molar-refractivity contribution is 0.0956. The molecule has 2 N–H and O–H groups in total. The number of carbonyl (C=O) groups is 1. The minimum absolute atomic E-state index is 0.0469. The van der Waals surface area contributed by atoms with Gasteiger partial charge in [0.05, 0.1) is 0 Å². The van der Waals surface area contributed by atoms with E-state index in [1.165, 1.54) is 0 Å². The van der Waals surface area contributed by atoms with Crippen molar-refractivity contribution in [2.45, 2.75) is 20.4 Å². The number of hydrogen-bond donors (Lipinski definition) is 2. The fraction of sp³-hybridized carbons (Fsp3) is 0.235. The third-order valence-corrected chi connectivity index (χ3v) is 3.62. The van der Waals surface area contributed by atoms with Crippen LogP contribution in [0, 0.1) is 6.92 Å². The molecular weight excluding hydrogens is 284 g/mol. The van der Waals surface area contributed by atoms with Gasteiger partial charge in [0.2, 0.25) is 0 Å². The first-order chi connectivity index (χ1) is 10.1. The Morgan fingerprint density at radius 1 is 1.14 bits per heavy atom. The molecule has 0 saturated carbocycles. The average Bonchev–Trinajstić information content (AvgIpc) is 2.49. The molecule has 4 heteroatoms. The maximum absolute atomic E-state index is 11.7. The standard InChI is InChI=1S/C17H19ClN2O/c1-3-19-17(21)14-6-8-15(9-7-14)20-11-13-5-4-12(2)16(18)10-13/h4-10,20H,3,11H2,1-2H3,(H,19,21). The van der Waals surface area contributed by atoms with Crippen molar-refractivity contribution in [1.82, 2.24) is 5.32 Å². The highest BCUT2D eigenvalue weighted by Gasteiger charge is 2.03. The van der Waals surface area contributed by atoms with Crippen LogP contribution in [0.2, 0.25) is 5.02 Å². The molecule has 0 aromatic heterocycles. The SMILES string of the molecule is CCNC(=O)c1ccc(NCc2ccc(C)c(Cl)c2)cc1. The summed E-state index contributed by atoms with van der Waals surface area (Å²) in [6.45, 7) is 5.22. The Balaban J connectivity index is 1.97. The summed E-state index contributed by atoms with van der Waals surface area (Å²) in [4.78, 5) is 11.7. The maximum atomic E-state index is 11.7.